The zero-order valence-corrected chi connectivity index (χ0v) is 34.0. The summed E-state index contributed by atoms with van der Waals surface area (Å²) in [6.45, 7) is 2.00. The van der Waals surface area contributed by atoms with Crippen molar-refractivity contribution in [1.29, 1.82) is 0 Å². The normalized spacial score (nSPS) is 11.4. The Morgan fingerprint density at radius 3 is 1.13 bits per heavy atom. The van der Waals surface area contributed by atoms with Crippen molar-refractivity contribution in [3.63, 3.8) is 0 Å². The molecule has 0 fully saturated rings. The van der Waals surface area contributed by atoms with Gasteiger partial charge >= 0.3 is 0 Å². The van der Waals surface area contributed by atoms with Gasteiger partial charge in [-0.25, -0.2) is 4.98 Å². The molecule has 0 atom stereocenters. The summed E-state index contributed by atoms with van der Waals surface area (Å²) >= 11 is 0. The smallest absolute Gasteiger partial charge is 0.190 e. The van der Waals surface area contributed by atoms with Crippen molar-refractivity contribution in [2.45, 2.75) is 6.92 Å². The first kappa shape index (κ1) is 36.9. The van der Waals surface area contributed by atoms with Crippen molar-refractivity contribution in [2.75, 3.05) is 0 Å². The molecule has 10 aromatic carbocycles. The number of nitrogens with zero attached hydrogens (tertiary/aromatic N) is 1. The molecule has 0 radical (unpaired) electrons. The number of rotatable bonds is 4. The molecule has 0 saturated heterocycles. The van der Waals surface area contributed by atoms with E-state index in [4.69, 9.17) is 4.42 Å². The van der Waals surface area contributed by atoms with E-state index in [9.17, 15) is 4.79 Å². The van der Waals surface area contributed by atoms with Gasteiger partial charge in [-0.3, -0.25) is 4.79 Å². The molecule has 1 aliphatic heterocycles. The van der Waals surface area contributed by atoms with Crippen LogP contribution in [0.3, 0.4) is 0 Å². The predicted molar refractivity (Wildman–Crippen MR) is 260 cm³/mol. The van der Waals surface area contributed by atoms with Crippen LogP contribution in [0, 0.1) is 6.92 Å². The van der Waals surface area contributed by atoms with Crippen molar-refractivity contribution in [3.8, 4) is 56.0 Å². The monoisotopic (exact) mass is 793 g/mol. The quantitative estimate of drug-likeness (QED) is 0.132. The van der Waals surface area contributed by atoms with Crippen molar-refractivity contribution in [2.24, 2.45) is 0 Å². The van der Waals surface area contributed by atoms with Crippen LogP contribution >= 0.6 is 0 Å². The highest BCUT2D eigenvalue weighted by Crippen LogP contribution is 2.53. The van der Waals surface area contributed by atoms with Crippen LogP contribution in [0.15, 0.2) is 228 Å². The summed E-state index contributed by atoms with van der Waals surface area (Å²) in [5.41, 5.74) is 13.3. The molecule has 3 heteroatoms. The van der Waals surface area contributed by atoms with Gasteiger partial charge < -0.3 is 4.42 Å². The summed E-state index contributed by atoms with van der Waals surface area (Å²) < 4.78 is 5.85. The Bertz CT molecular complexity index is 3320. The molecule has 2 aliphatic rings. The Balaban J connectivity index is 0.000000180. The second kappa shape index (κ2) is 15.5. The predicted octanol–water partition coefficient (Wildman–Crippen LogP) is 15.6. The molecule has 10 aromatic rings. The molecule has 12 rings (SSSR count). The van der Waals surface area contributed by atoms with Gasteiger partial charge in [0.15, 0.2) is 16.8 Å². The van der Waals surface area contributed by atoms with Gasteiger partial charge in [0.2, 0.25) is 0 Å². The molecule has 0 amide bonds. The molecular formula is C59H39NO2. The van der Waals surface area contributed by atoms with Crippen LogP contribution in [-0.4, -0.2) is 4.98 Å². The van der Waals surface area contributed by atoms with Crippen LogP contribution < -0.4 is 5.43 Å². The average Bonchev–Trinajstić information content (AvgIpc) is 3.33. The molecule has 0 spiro atoms. The maximum atomic E-state index is 12.1. The summed E-state index contributed by atoms with van der Waals surface area (Å²) in [7, 11) is 0. The molecule has 0 N–H and O–H groups in total. The lowest BCUT2D eigenvalue weighted by Gasteiger charge is -2.25. The molecule has 292 valence electrons. The fraction of sp³-hybridized carbons (Fsp3) is 0.0169. The lowest BCUT2D eigenvalue weighted by Crippen LogP contribution is -2.03. The second-order valence-electron chi connectivity index (χ2n) is 15.8. The highest BCUT2D eigenvalue weighted by molar-refractivity contribution is 6.33. The van der Waals surface area contributed by atoms with Crippen LogP contribution in [0.2, 0.25) is 0 Å². The Hall–Kier alpha value is -8.14. The van der Waals surface area contributed by atoms with E-state index in [0.29, 0.717) is 16.7 Å². The largest absolute Gasteiger partial charge is 0.453 e. The number of aromatic nitrogens is 1. The van der Waals surface area contributed by atoms with Gasteiger partial charge in [-0.2, -0.15) is 0 Å². The number of hydrogen-bond acceptors (Lipinski definition) is 3. The Labute approximate surface area is 359 Å². The maximum Gasteiger partial charge on any atom is 0.190 e. The van der Waals surface area contributed by atoms with Crippen LogP contribution in [0.5, 0.6) is 0 Å². The third-order valence-electron chi connectivity index (χ3n) is 11.9. The summed E-state index contributed by atoms with van der Waals surface area (Å²) in [5.74, 6) is 0.534. The van der Waals surface area contributed by atoms with Crippen molar-refractivity contribution in [3.05, 3.63) is 234 Å². The highest BCUT2D eigenvalue weighted by Gasteiger charge is 2.25. The first-order valence-corrected chi connectivity index (χ1v) is 21.0. The lowest BCUT2D eigenvalue weighted by molar-refractivity contribution is 0.613. The summed E-state index contributed by atoms with van der Waals surface area (Å²) in [6.07, 6.45) is 0. The summed E-state index contributed by atoms with van der Waals surface area (Å²) in [4.78, 5) is 16.8. The Morgan fingerprint density at radius 2 is 0.726 bits per heavy atom. The van der Waals surface area contributed by atoms with Gasteiger partial charge in [0.1, 0.15) is 11.2 Å². The molecule has 3 nitrogen and oxygen atoms in total. The molecule has 0 bridgehead atoms. The minimum absolute atomic E-state index is 0.0364. The van der Waals surface area contributed by atoms with Crippen molar-refractivity contribution in [1.82, 2.24) is 4.98 Å². The summed E-state index contributed by atoms with van der Waals surface area (Å²) in [6, 6.07) is 76.5. The Morgan fingerprint density at radius 1 is 0.371 bits per heavy atom. The highest BCUT2D eigenvalue weighted by atomic mass is 16.3. The van der Waals surface area contributed by atoms with E-state index in [-0.39, 0.29) is 5.43 Å². The van der Waals surface area contributed by atoms with Crippen LogP contribution in [0.25, 0.3) is 110 Å². The number of benzene rings is 11. The molecule has 62 heavy (non-hydrogen) atoms. The van der Waals surface area contributed by atoms with Gasteiger partial charge in [0, 0.05) is 16.8 Å². The number of aryl methyl sites for hydroxylation is 1. The van der Waals surface area contributed by atoms with Crippen LogP contribution in [0.4, 0.5) is 0 Å². The van der Waals surface area contributed by atoms with Crippen LogP contribution in [0.1, 0.15) is 5.56 Å². The lowest BCUT2D eigenvalue weighted by atomic mass is 9.77. The first-order valence-electron chi connectivity index (χ1n) is 21.0. The second-order valence-corrected chi connectivity index (χ2v) is 15.8. The fourth-order valence-electron chi connectivity index (χ4n) is 9.28. The van der Waals surface area contributed by atoms with Gasteiger partial charge in [0.05, 0.1) is 0 Å². The minimum Gasteiger partial charge on any atom is -0.453 e. The molecule has 0 unspecified atom stereocenters. The average molecular weight is 794 g/mol. The van der Waals surface area contributed by atoms with Gasteiger partial charge in [0.25, 0.3) is 0 Å². The van der Waals surface area contributed by atoms with E-state index in [1.54, 1.807) is 0 Å². The topological polar surface area (TPSA) is 43.1 Å². The van der Waals surface area contributed by atoms with E-state index in [1.807, 2.05) is 49.4 Å². The molecular weight excluding hydrogens is 755 g/mol. The molecule has 0 saturated carbocycles. The van der Waals surface area contributed by atoms with Gasteiger partial charge in [-0.15, -0.1) is 0 Å². The number of hydrogen-bond donors (Lipinski definition) is 0. The first-order chi connectivity index (χ1) is 30.6. The SMILES string of the molecule is Cc1ccc2nc3c4ccccc4c(=O)cc-3oc2c1.c1ccc(-c2c3ccccc3c(-c3ccccc3)c3c(-c4ccccc4)c4ccccc4c(-c4ccccc4)c23)cc1. The van der Waals surface area contributed by atoms with Crippen LogP contribution in [-0.2, 0) is 0 Å². The maximum absolute atomic E-state index is 12.1. The van der Waals surface area contributed by atoms with E-state index < -0.39 is 0 Å². The van der Waals surface area contributed by atoms with E-state index in [2.05, 4.69) is 175 Å². The third-order valence-corrected chi connectivity index (χ3v) is 11.9. The zero-order chi connectivity index (χ0) is 41.6. The third kappa shape index (κ3) is 6.31. The van der Waals surface area contributed by atoms with Crippen molar-refractivity contribution < 1.29 is 4.42 Å². The van der Waals surface area contributed by atoms with Crippen molar-refractivity contribution >= 4 is 54.2 Å². The number of fused-ring (bicyclic) bond motifs is 7. The van der Waals surface area contributed by atoms with Gasteiger partial charge in [-0.1, -0.05) is 200 Å². The molecule has 1 heterocycles. The van der Waals surface area contributed by atoms with E-state index in [1.165, 1.54) is 82.9 Å². The molecule has 0 aromatic heterocycles. The minimum atomic E-state index is -0.0364. The Kier molecular flexibility index (Phi) is 9.21. The van der Waals surface area contributed by atoms with Gasteiger partial charge in [-0.05, 0) is 101 Å². The fourth-order valence-corrected chi connectivity index (χ4v) is 9.28. The summed E-state index contributed by atoms with van der Waals surface area (Å²) in [5, 5.41) is 9.16. The molecule has 1 aliphatic carbocycles. The van der Waals surface area contributed by atoms with E-state index >= 15 is 0 Å². The standard InChI is InChI=1S/C42H28.C17H11NO2/c1-5-17-29(18-6-1)37-33-25-13-14-26-34(33)39(31-21-9-3-10-22-31)42-40(32-23-11-4-12-24-32)36-28-16-15-27-35(36)38(41(37)42)30-19-7-2-8-20-30;1-10-6-7-13-15(8-10)20-16-9-14(19)11-4-2-3-5-12(11)17(16)18-13/h1-28H;2-9H,1H3. The zero-order valence-electron chi connectivity index (χ0n) is 34.0. The van der Waals surface area contributed by atoms with E-state index in [0.717, 1.165) is 22.2 Å².